The van der Waals surface area contributed by atoms with E-state index in [9.17, 15) is 35.9 Å². The second-order valence-corrected chi connectivity index (χ2v) is 18.0. The maximum atomic E-state index is 13.5. The van der Waals surface area contributed by atoms with E-state index in [1.807, 2.05) is 0 Å². The van der Waals surface area contributed by atoms with E-state index in [4.69, 9.17) is 28.4 Å². The highest BCUT2D eigenvalue weighted by Crippen LogP contribution is 2.40. The number of hydrogen-bond donors (Lipinski definition) is 0. The van der Waals surface area contributed by atoms with Crippen molar-refractivity contribution in [3.8, 4) is 23.5 Å². The fraction of sp³-hybridized carbons (Fsp3) is 0.556. The first-order chi connectivity index (χ1) is 32.8. The van der Waals surface area contributed by atoms with Gasteiger partial charge in [0.05, 0.1) is 99.8 Å². The van der Waals surface area contributed by atoms with Crippen molar-refractivity contribution in [1.29, 1.82) is 0 Å². The van der Waals surface area contributed by atoms with Crippen LogP contribution in [0.3, 0.4) is 0 Å². The third-order valence-electron chi connectivity index (χ3n) is 12.1. The van der Waals surface area contributed by atoms with Crippen molar-refractivity contribution in [3.63, 3.8) is 0 Å². The molecular formula is C45H52F6N10O8. The molecule has 0 unspecified atom stereocenters. The lowest BCUT2D eigenvalue weighted by atomic mass is 9.96. The Morgan fingerprint density at radius 1 is 0.638 bits per heavy atom. The van der Waals surface area contributed by atoms with Crippen LogP contribution in [0.15, 0.2) is 37.2 Å². The van der Waals surface area contributed by atoms with Crippen molar-refractivity contribution in [2.45, 2.75) is 89.7 Å². The first-order valence-corrected chi connectivity index (χ1v) is 22.3. The van der Waals surface area contributed by atoms with Crippen LogP contribution in [-0.4, -0.2) is 136 Å². The molecule has 0 bridgehead atoms. The molecule has 5 aliphatic rings. The summed E-state index contributed by atoms with van der Waals surface area (Å²) in [6.07, 6.45) is -1.94. The molecule has 4 aromatic rings. The van der Waals surface area contributed by atoms with Crippen LogP contribution in [0, 0.1) is 5.92 Å². The number of pyridine rings is 2. The van der Waals surface area contributed by atoms with Crippen molar-refractivity contribution >= 4 is 23.4 Å². The molecule has 18 nitrogen and oxygen atoms in total. The fourth-order valence-electron chi connectivity index (χ4n) is 8.43. The Bertz CT molecular complexity index is 2490. The Kier molecular flexibility index (Phi) is 14.1. The number of hydrogen-bond acceptors (Lipinski definition) is 16. The van der Waals surface area contributed by atoms with Crippen molar-refractivity contribution in [2.75, 3.05) is 76.5 Å². The lowest BCUT2D eigenvalue weighted by molar-refractivity contribution is -0.147. The Morgan fingerprint density at radius 3 is 1.51 bits per heavy atom. The first-order valence-electron chi connectivity index (χ1n) is 22.3. The van der Waals surface area contributed by atoms with Crippen LogP contribution in [0.4, 0.5) is 42.5 Å². The van der Waals surface area contributed by atoms with Crippen LogP contribution in [0.2, 0.25) is 0 Å². The summed E-state index contributed by atoms with van der Waals surface area (Å²) in [5.41, 5.74) is 1.22. The topological polar surface area (TPSA) is 180 Å². The van der Waals surface area contributed by atoms with Gasteiger partial charge in [-0.15, -0.1) is 0 Å². The summed E-state index contributed by atoms with van der Waals surface area (Å²) < 4.78 is 113. The van der Waals surface area contributed by atoms with E-state index < -0.39 is 46.9 Å². The summed E-state index contributed by atoms with van der Waals surface area (Å²) in [6, 6.07) is 2.08. The summed E-state index contributed by atoms with van der Waals surface area (Å²) >= 11 is 0. The van der Waals surface area contributed by atoms with Gasteiger partial charge in [0.1, 0.15) is 41.6 Å². The Labute approximate surface area is 393 Å². The summed E-state index contributed by atoms with van der Waals surface area (Å²) in [6.45, 7) is 9.79. The average Bonchev–Trinajstić information content (AvgIpc) is 3.29. The third-order valence-corrected chi connectivity index (χ3v) is 12.1. The largest absolute Gasteiger partial charge is 0.481 e. The molecule has 3 fully saturated rings. The highest BCUT2D eigenvalue weighted by atomic mass is 19.4. The van der Waals surface area contributed by atoms with Gasteiger partial charge in [-0.05, 0) is 45.7 Å². The van der Waals surface area contributed by atoms with E-state index in [0.717, 1.165) is 56.1 Å². The molecule has 0 atom stereocenters. The molecule has 0 radical (unpaired) electrons. The van der Waals surface area contributed by atoms with Gasteiger partial charge in [-0.25, -0.2) is 34.7 Å². The molecule has 4 aromatic heterocycles. The second-order valence-electron chi connectivity index (χ2n) is 18.0. The highest BCUT2D eigenvalue weighted by Gasteiger charge is 2.41. The normalized spacial score (nSPS) is 17.9. The van der Waals surface area contributed by atoms with E-state index in [-0.39, 0.29) is 37.1 Å². The summed E-state index contributed by atoms with van der Waals surface area (Å²) in [5.74, 6) is -0.0286. The Balaban J connectivity index is 0.000000186. The van der Waals surface area contributed by atoms with Gasteiger partial charge in [-0.2, -0.15) is 26.3 Å². The van der Waals surface area contributed by atoms with Crippen LogP contribution < -0.4 is 28.7 Å². The molecule has 69 heavy (non-hydrogen) atoms. The van der Waals surface area contributed by atoms with Crippen LogP contribution >= 0.6 is 0 Å². The molecule has 5 aliphatic heterocycles. The number of likely N-dealkylation sites (tertiary alicyclic amines) is 2. The van der Waals surface area contributed by atoms with Gasteiger partial charge in [0.2, 0.25) is 29.4 Å². The highest BCUT2D eigenvalue weighted by molar-refractivity contribution is 5.80. The SMILES string of the molecule is COc1ncc(N2CCc3ncnc(OC4CN(C(=O)C5CCOCC5)C4)c3C2)cc1C(F)(F)F.COc1ncc(N2CCc3ncnc(OC4CN(C(=O)OC(C)(C)C)C4)c3C2)cc1C(F)(F)F. The number of amides is 2. The third kappa shape index (κ3) is 11.4. The predicted molar refractivity (Wildman–Crippen MR) is 232 cm³/mol. The molecule has 372 valence electrons. The lowest BCUT2D eigenvalue weighted by Crippen LogP contribution is -2.58. The lowest BCUT2D eigenvalue weighted by Gasteiger charge is -2.41. The quantitative estimate of drug-likeness (QED) is 0.180. The zero-order chi connectivity index (χ0) is 49.3. The number of halogens is 6. The second kappa shape index (κ2) is 19.9. The summed E-state index contributed by atoms with van der Waals surface area (Å²) in [4.78, 5) is 56.6. The molecule has 0 N–H and O–H groups in total. The standard InChI is InChI=1S/C23H26F3N5O4.C22H26F3N5O4/c1-33-21-18(23(24,25)26)8-15(9-27-21)30-5-2-19-17(12-30)20(29-13-28-19)35-16-10-31(11-16)22(32)14-3-6-34-7-4-14;1-21(2,3)34-20(31)30-9-14(10-30)33-18-15-11-29(6-5-17(15)27-12-28-18)13-7-16(22(23,24)25)19(32-4)26-8-13/h8-9,13-14,16H,2-7,10-12H2,1H3;7-8,12,14H,5-6,9-11H2,1-4H3. The zero-order valence-electron chi connectivity index (χ0n) is 38.6. The van der Waals surface area contributed by atoms with Crippen molar-refractivity contribution in [1.82, 2.24) is 39.7 Å². The van der Waals surface area contributed by atoms with Gasteiger partial charge in [0.15, 0.2) is 0 Å². The van der Waals surface area contributed by atoms with E-state index in [1.165, 1.54) is 29.9 Å². The maximum absolute atomic E-state index is 13.5. The molecule has 0 spiro atoms. The molecule has 0 saturated carbocycles. The van der Waals surface area contributed by atoms with Crippen molar-refractivity contribution < 1.29 is 64.4 Å². The summed E-state index contributed by atoms with van der Waals surface area (Å²) in [7, 11) is 2.31. The molecule has 24 heteroatoms. The molecular weight excluding hydrogens is 923 g/mol. The van der Waals surface area contributed by atoms with E-state index in [2.05, 4.69) is 29.9 Å². The van der Waals surface area contributed by atoms with Gasteiger partial charge in [0, 0.05) is 45.1 Å². The Hall–Kier alpha value is -6.46. The zero-order valence-corrected chi connectivity index (χ0v) is 38.6. The van der Waals surface area contributed by atoms with Crippen LogP contribution in [-0.2, 0) is 52.6 Å². The first kappa shape index (κ1) is 49.0. The van der Waals surface area contributed by atoms with Crippen LogP contribution in [0.5, 0.6) is 23.5 Å². The number of rotatable bonds is 9. The van der Waals surface area contributed by atoms with E-state index in [0.29, 0.717) is 94.0 Å². The van der Waals surface area contributed by atoms with Crippen LogP contribution in [0.25, 0.3) is 0 Å². The van der Waals surface area contributed by atoms with Crippen molar-refractivity contribution in [3.05, 3.63) is 70.8 Å². The molecule has 9 rings (SSSR count). The minimum Gasteiger partial charge on any atom is -0.481 e. The number of carbonyl (C=O) groups excluding carboxylic acids is 2. The van der Waals surface area contributed by atoms with Crippen molar-refractivity contribution in [2.24, 2.45) is 5.92 Å². The number of nitrogens with zero attached hydrogens (tertiary/aromatic N) is 10. The number of anilines is 2. The van der Waals surface area contributed by atoms with Gasteiger partial charge >= 0.3 is 18.4 Å². The Morgan fingerprint density at radius 2 is 1.09 bits per heavy atom. The number of ether oxygens (including phenoxy) is 6. The molecule has 2 amide bonds. The predicted octanol–water partition coefficient (Wildman–Crippen LogP) is 5.94. The van der Waals surface area contributed by atoms with E-state index >= 15 is 0 Å². The van der Waals surface area contributed by atoms with Crippen LogP contribution in [0.1, 0.15) is 67.3 Å². The van der Waals surface area contributed by atoms with Gasteiger partial charge in [-0.1, -0.05) is 0 Å². The number of fused-ring (bicyclic) bond motifs is 2. The monoisotopic (exact) mass is 974 g/mol. The number of methoxy groups -OCH3 is 2. The molecule has 0 aromatic carbocycles. The minimum absolute atomic E-state index is 0.00441. The number of carbonyl (C=O) groups is 2. The molecule has 0 aliphatic carbocycles. The maximum Gasteiger partial charge on any atom is 0.421 e. The number of aromatic nitrogens is 6. The minimum atomic E-state index is -4.59. The molecule has 3 saturated heterocycles. The summed E-state index contributed by atoms with van der Waals surface area (Å²) in [5, 5.41) is 0. The average molecular weight is 975 g/mol. The van der Waals surface area contributed by atoms with Gasteiger partial charge in [0.25, 0.3) is 0 Å². The molecule has 9 heterocycles. The van der Waals surface area contributed by atoms with E-state index in [1.54, 1.807) is 35.5 Å². The van der Waals surface area contributed by atoms with Gasteiger partial charge in [-0.3, -0.25) is 4.79 Å². The fourth-order valence-corrected chi connectivity index (χ4v) is 8.43. The van der Waals surface area contributed by atoms with Gasteiger partial charge < -0.3 is 48.0 Å². The smallest absolute Gasteiger partial charge is 0.421 e. The number of alkyl halides is 6.